The third kappa shape index (κ3) is 5.70. The molecule has 0 heterocycles. The fourth-order valence-corrected chi connectivity index (χ4v) is 2.31. The molecule has 118 valence electrons. The van der Waals surface area contributed by atoms with Crippen LogP contribution in [0.3, 0.4) is 0 Å². The number of amides is 1. The van der Waals surface area contributed by atoms with Crippen molar-refractivity contribution in [1.29, 1.82) is 0 Å². The number of nitrogens with one attached hydrogen (secondary N) is 1. The molecule has 0 bridgehead atoms. The smallest absolute Gasteiger partial charge is 0.258 e. The Morgan fingerprint density at radius 2 is 2.10 bits per heavy atom. The molecule has 1 aromatic carbocycles. The molecule has 0 aliphatic carbocycles. The number of primary sulfonamides is 1. The lowest BCUT2D eigenvalue weighted by atomic mass is 10.2. The van der Waals surface area contributed by atoms with Gasteiger partial charge in [-0.15, -0.1) is 0 Å². The second-order valence-electron chi connectivity index (χ2n) is 4.68. The van der Waals surface area contributed by atoms with Gasteiger partial charge in [-0.3, -0.25) is 4.79 Å². The molecular formula is C13H20N2O5S. The van der Waals surface area contributed by atoms with Crippen LogP contribution in [-0.4, -0.2) is 40.7 Å². The normalized spacial score (nSPS) is 12.8. The predicted octanol–water partition coefficient (Wildman–Crippen LogP) is 0.172. The van der Waals surface area contributed by atoms with Gasteiger partial charge in [-0.1, -0.05) is 0 Å². The first-order valence-corrected chi connectivity index (χ1v) is 7.83. The summed E-state index contributed by atoms with van der Waals surface area (Å²) in [5, 5.41) is 7.74. The summed E-state index contributed by atoms with van der Waals surface area (Å²) in [5.74, 6) is 0.145. The van der Waals surface area contributed by atoms with E-state index in [1.807, 2.05) is 6.92 Å². The van der Waals surface area contributed by atoms with Gasteiger partial charge in [0.1, 0.15) is 5.75 Å². The lowest BCUT2D eigenvalue weighted by Crippen LogP contribution is -2.38. The minimum Gasteiger partial charge on any atom is -0.484 e. The first-order valence-electron chi connectivity index (χ1n) is 6.28. The van der Waals surface area contributed by atoms with Crippen LogP contribution in [0.5, 0.6) is 5.75 Å². The number of carbonyl (C=O) groups excluding carboxylic acids is 1. The van der Waals surface area contributed by atoms with Crippen molar-refractivity contribution in [2.24, 2.45) is 5.14 Å². The van der Waals surface area contributed by atoms with Crippen molar-refractivity contribution in [1.82, 2.24) is 5.32 Å². The van der Waals surface area contributed by atoms with Crippen LogP contribution >= 0.6 is 0 Å². The number of hydrogen-bond donors (Lipinski definition) is 2. The van der Waals surface area contributed by atoms with E-state index in [0.717, 1.165) is 0 Å². The average Bonchev–Trinajstić information content (AvgIpc) is 2.36. The van der Waals surface area contributed by atoms with E-state index in [1.54, 1.807) is 14.0 Å². The SMILES string of the molecule is COCC(C)NC(=O)COc1ccc(S(N)(=O)=O)cc1C. The van der Waals surface area contributed by atoms with Gasteiger partial charge < -0.3 is 14.8 Å². The summed E-state index contributed by atoms with van der Waals surface area (Å²) in [6.07, 6.45) is 0. The zero-order valence-electron chi connectivity index (χ0n) is 12.3. The fourth-order valence-electron chi connectivity index (χ4n) is 1.71. The number of sulfonamides is 1. The van der Waals surface area contributed by atoms with Gasteiger partial charge in [0, 0.05) is 13.2 Å². The molecule has 0 aliphatic rings. The molecule has 1 amide bonds. The lowest BCUT2D eigenvalue weighted by molar-refractivity contribution is -0.124. The van der Waals surface area contributed by atoms with Crippen LogP contribution in [0.1, 0.15) is 12.5 Å². The standard InChI is InChI=1S/C13H20N2O5S/c1-9-6-11(21(14,17)18)4-5-12(9)20-8-13(16)15-10(2)7-19-3/h4-6,10H,7-8H2,1-3H3,(H,15,16)(H2,14,17,18). The summed E-state index contributed by atoms with van der Waals surface area (Å²) >= 11 is 0. The Bertz CT molecular complexity index is 601. The summed E-state index contributed by atoms with van der Waals surface area (Å²) in [6.45, 7) is 3.74. The van der Waals surface area contributed by atoms with Crippen LogP contribution in [0.25, 0.3) is 0 Å². The molecule has 1 rings (SSSR count). The number of methoxy groups -OCH3 is 1. The Hall–Kier alpha value is -1.64. The number of hydrogen-bond acceptors (Lipinski definition) is 5. The van der Waals surface area contributed by atoms with Crippen molar-refractivity contribution in [3.63, 3.8) is 0 Å². The Morgan fingerprint density at radius 3 is 2.62 bits per heavy atom. The number of carbonyl (C=O) groups is 1. The Balaban J connectivity index is 2.62. The van der Waals surface area contributed by atoms with Crippen molar-refractivity contribution >= 4 is 15.9 Å². The number of aryl methyl sites for hydroxylation is 1. The summed E-state index contributed by atoms with van der Waals surface area (Å²) in [4.78, 5) is 11.6. The number of benzene rings is 1. The van der Waals surface area contributed by atoms with E-state index >= 15 is 0 Å². The van der Waals surface area contributed by atoms with Gasteiger partial charge in [0.2, 0.25) is 10.0 Å². The maximum Gasteiger partial charge on any atom is 0.258 e. The van der Waals surface area contributed by atoms with Crippen molar-refractivity contribution in [2.45, 2.75) is 24.8 Å². The molecule has 1 atom stereocenters. The maximum atomic E-state index is 11.6. The number of nitrogens with two attached hydrogens (primary N) is 1. The van der Waals surface area contributed by atoms with Gasteiger partial charge in [0.05, 0.1) is 11.5 Å². The zero-order valence-corrected chi connectivity index (χ0v) is 13.1. The summed E-state index contributed by atoms with van der Waals surface area (Å²) in [6, 6.07) is 4.09. The zero-order chi connectivity index (χ0) is 16.0. The highest BCUT2D eigenvalue weighted by atomic mass is 32.2. The molecule has 0 saturated heterocycles. The van der Waals surface area contributed by atoms with Gasteiger partial charge in [-0.2, -0.15) is 0 Å². The topological polar surface area (TPSA) is 108 Å². The molecule has 3 N–H and O–H groups in total. The predicted molar refractivity (Wildman–Crippen MR) is 77.5 cm³/mol. The van der Waals surface area contributed by atoms with E-state index in [4.69, 9.17) is 14.6 Å². The summed E-state index contributed by atoms with van der Waals surface area (Å²) in [7, 11) is -2.19. The van der Waals surface area contributed by atoms with Crippen molar-refractivity contribution < 1.29 is 22.7 Å². The maximum absolute atomic E-state index is 11.6. The van der Waals surface area contributed by atoms with Crippen LogP contribution in [0.15, 0.2) is 23.1 Å². The quantitative estimate of drug-likeness (QED) is 0.745. The number of ether oxygens (including phenoxy) is 2. The number of rotatable bonds is 7. The minimum atomic E-state index is -3.74. The van der Waals surface area contributed by atoms with E-state index < -0.39 is 10.0 Å². The van der Waals surface area contributed by atoms with E-state index in [1.165, 1.54) is 18.2 Å². The molecular weight excluding hydrogens is 296 g/mol. The van der Waals surface area contributed by atoms with Gasteiger partial charge in [-0.05, 0) is 37.6 Å². The third-order valence-corrected chi connectivity index (χ3v) is 3.57. The van der Waals surface area contributed by atoms with Crippen LogP contribution in [0.4, 0.5) is 0 Å². The monoisotopic (exact) mass is 316 g/mol. The highest BCUT2D eigenvalue weighted by molar-refractivity contribution is 7.89. The van der Waals surface area contributed by atoms with Crippen LogP contribution in [-0.2, 0) is 19.6 Å². The lowest BCUT2D eigenvalue weighted by Gasteiger charge is -2.14. The fraction of sp³-hybridized carbons (Fsp3) is 0.462. The summed E-state index contributed by atoms with van der Waals surface area (Å²) < 4.78 is 32.7. The van der Waals surface area contributed by atoms with E-state index in [9.17, 15) is 13.2 Å². The van der Waals surface area contributed by atoms with Gasteiger partial charge in [-0.25, -0.2) is 13.6 Å². The first-order chi connectivity index (χ1) is 9.74. The highest BCUT2D eigenvalue weighted by Gasteiger charge is 2.12. The molecule has 8 heteroatoms. The third-order valence-electron chi connectivity index (χ3n) is 2.66. The molecule has 0 aromatic heterocycles. The second kappa shape index (κ2) is 7.39. The average molecular weight is 316 g/mol. The van der Waals surface area contributed by atoms with Crippen molar-refractivity contribution in [3.8, 4) is 5.75 Å². The van der Waals surface area contributed by atoms with E-state index in [2.05, 4.69) is 5.32 Å². The molecule has 0 aliphatic heterocycles. The molecule has 21 heavy (non-hydrogen) atoms. The van der Waals surface area contributed by atoms with Crippen LogP contribution < -0.4 is 15.2 Å². The van der Waals surface area contributed by atoms with Crippen molar-refractivity contribution in [2.75, 3.05) is 20.3 Å². The minimum absolute atomic E-state index is 0.00511. The van der Waals surface area contributed by atoms with Gasteiger partial charge in [0.15, 0.2) is 6.61 Å². The van der Waals surface area contributed by atoms with Gasteiger partial charge >= 0.3 is 0 Å². The van der Waals surface area contributed by atoms with E-state index in [0.29, 0.717) is 17.9 Å². The van der Waals surface area contributed by atoms with E-state index in [-0.39, 0.29) is 23.5 Å². The van der Waals surface area contributed by atoms with Gasteiger partial charge in [0.25, 0.3) is 5.91 Å². The van der Waals surface area contributed by atoms with Crippen LogP contribution in [0.2, 0.25) is 0 Å². The molecule has 0 radical (unpaired) electrons. The Morgan fingerprint density at radius 1 is 1.43 bits per heavy atom. The Labute approximate surface area is 124 Å². The molecule has 0 fully saturated rings. The Kier molecular flexibility index (Phi) is 6.13. The largest absolute Gasteiger partial charge is 0.484 e. The molecule has 1 unspecified atom stereocenters. The molecule has 0 spiro atoms. The molecule has 1 aromatic rings. The summed E-state index contributed by atoms with van der Waals surface area (Å²) in [5.41, 5.74) is 0.583. The highest BCUT2D eigenvalue weighted by Crippen LogP contribution is 2.20. The van der Waals surface area contributed by atoms with Crippen LogP contribution in [0, 0.1) is 6.92 Å². The molecule has 0 saturated carbocycles. The van der Waals surface area contributed by atoms with Crippen molar-refractivity contribution in [3.05, 3.63) is 23.8 Å². The molecule has 7 nitrogen and oxygen atoms in total. The first kappa shape index (κ1) is 17.4. The second-order valence-corrected chi connectivity index (χ2v) is 6.25.